The first-order chi connectivity index (χ1) is 8.61. The van der Waals surface area contributed by atoms with Crippen LogP contribution in [0.25, 0.3) is 0 Å². The van der Waals surface area contributed by atoms with E-state index in [1.807, 2.05) is 6.92 Å². The Morgan fingerprint density at radius 3 is 2.61 bits per heavy atom. The molecule has 106 valence electrons. The van der Waals surface area contributed by atoms with Gasteiger partial charge in [0, 0.05) is 25.2 Å². The van der Waals surface area contributed by atoms with Crippen LogP contribution in [0.4, 0.5) is 0 Å². The summed E-state index contributed by atoms with van der Waals surface area (Å²) in [6, 6.07) is 1.35. The Kier molecular flexibility index (Phi) is 5.05. The minimum Gasteiger partial charge on any atom is -0.393 e. The number of rotatable bonds is 5. The van der Waals surface area contributed by atoms with Crippen molar-refractivity contribution >= 4 is 0 Å². The van der Waals surface area contributed by atoms with E-state index in [-0.39, 0.29) is 6.10 Å². The molecule has 0 aromatic carbocycles. The van der Waals surface area contributed by atoms with Crippen molar-refractivity contribution in [3.8, 4) is 0 Å². The number of likely N-dealkylation sites (tertiary alicyclic amines) is 1. The van der Waals surface area contributed by atoms with Crippen LogP contribution in [0.1, 0.15) is 46.5 Å². The second-order valence-electron chi connectivity index (χ2n) is 6.46. The zero-order chi connectivity index (χ0) is 13.1. The van der Waals surface area contributed by atoms with Crippen molar-refractivity contribution in [2.75, 3.05) is 19.6 Å². The smallest absolute Gasteiger partial charge is 0.0553 e. The van der Waals surface area contributed by atoms with Gasteiger partial charge in [0.25, 0.3) is 0 Å². The van der Waals surface area contributed by atoms with Crippen molar-refractivity contribution in [3.63, 3.8) is 0 Å². The molecule has 0 aromatic rings. The molecule has 2 aliphatic rings. The van der Waals surface area contributed by atoms with Gasteiger partial charge in [0.1, 0.15) is 0 Å². The zero-order valence-corrected chi connectivity index (χ0v) is 12.2. The van der Waals surface area contributed by atoms with E-state index >= 15 is 0 Å². The molecule has 0 bridgehead atoms. The van der Waals surface area contributed by atoms with E-state index in [2.05, 4.69) is 24.1 Å². The molecule has 1 heterocycles. The van der Waals surface area contributed by atoms with Gasteiger partial charge in [-0.25, -0.2) is 0 Å². The molecule has 2 N–H and O–H groups in total. The Morgan fingerprint density at radius 1 is 1.33 bits per heavy atom. The van der Waals surface area contributed by atoms with Crippen LogP contribution in [0.2, 0.25) is 0 Å². The van der Waals surface area contributed by atoms with Gasteiger partial charge in [-0.05, 0) is 51.0 Å². The quantitative estimate of drug-likeness (QED) is 0.786. The fraction of sp³-hybridized carbons (Fsp3) is 1.00. The second-order valence-corrected chi connectivity index (χ2v) is 6.46. The lowest BCUT2D eigenvalue weighted by Gasteiger charge is -2.49. The van der Waals surface area contributed by atoms with Gasteiger partial charge in [0.15, 0.2) is 0 Å². The van der Waals surface area contributed by atoms with Gasteiger partial charge in [-0.3, -0.25) is 4.90 Å². The summed E-state index contributed by atoms with van der Waals surface area (Å²) in [6.45, 7) is 9.91. The molecule has 18 heavy (non-hydrogen) atoms. The Labute approximate surface area is 112 Å². The second kappa shape index (κ2) is 6.36. The van der Waals surface area contributed by atoms with E-state index in [1.165, 1.54) is 25.8 Å². The van der Waals surface area contributed by atoms with E-state index in [1.54, 1.807) is 0 Å². The third-order valence-electron chi connectivity index (χ3n) is 4.92. The minimum atomic E-state index is -0.172. The van der Waals surface area contributed by atoms with E-state index in [4.69, 9.17) is 0 Å². The summed E-state index contributed by atoms with van der Waals surface area (Å²) in [7, 11) is 0. The predicted molar refractivity (Wildman–Crippen MR) is 75.6 cm³/mol. The molecule has 5 unspecified atom stereocenters. The van der Waals surface area contributed by atoms with Crippen LogP contribution in [0.15, 0.2) is 0 Å². The van der Waals surface area contributed by atoms with Crippen molar-refractivity contribution in [1.82, 2.24) is 10.2 Å². The molecule has 3 nitrogen and oxygen atoms in total. The predicted octanol–water partition coefficient (Wildman–Crippen LogP) is 1.86. The van der Waals surface area contributed by atoms with Crippen molar-refractivity contribution in [3.05, 3.63) is 0 Å². The topological polar surface area (TPSA) is 35.5 Å². The molecule has 2 fully saturated rings. The van der Waals surface area contributed by atoms with E-state index < -0.39 is 0 Å². The number of nitrogens with zero attached hydrogens (tertiary/aromatic N) is 1. The Balaban J connectivity index is 1.92. The summed E-state index contributed by atoms with van der Waals surface area (Å²) in [5.74, 6) is 1.30. The maximum Gasteiger partial charge on any atom is 0.0553 e. The first-order valence-electron chi connectivity index (χ1n) is 7.77. The summed E-state index contributed by atoms with van der Waals surface area (Å²) >= 11 is 0. The fourth-order valence-corrected chi connectivity index (χ4v) is 3.48. The maximum absolute atomic E-state index is 9.92. The van der Waals surface area contributed by atoms with Gasteiger partial charge in [0.2, 0.25) is 0 Å². The molecule has 0 aromatic heterocycles. The van der Waals surface area contributed by atoms with Gasteiger partial charge in [-0.15, -0.1) is 0 Å². The summed E-state index contributed by atoms with van der Waals surface area (Å²) in [5.41, 5.74) is 0. The SMILES string of the molecule is CCCNC1CC(C(C)O)CN(C2CCC2C)C1. The molecular weight excluding hydrogens is 224 g/mol. The average molecular weight is 254 g/mol. The van der Waals surface area contributed by atoms with Crippen LogP contribution in [0.3, 0.4) is 0 Å². The van der Waals surface area contributed by atoms with Crippen molar-refractivity contribution in [2.24, 2.45) is 11.8 Å². The van der Waals surface area contributed by atoms with Crippen LogP contribution in [-0.4, -0.2) is 47.8 Å². The lowest BCUT2D eigenvalue weighted by atomic mass is 9.77. The normalized spacial score (nSPS) is 39.3. The Morgan fingerprint density at radius 2 is 2.11 bits per heavy atom. The molecular formula is C15H30N2O. The third-order valence-corrected chi connectivity index (χ3v) is 4.92. The number of hydrogen-bond acceptors (Lipinski definition) is 3. The molecule has 0 amide bonds. The standard InChI is InChI=1S/C15H30N2O/c1-4-7-16-14-8-13(12(3)18)9-17(10-14)15-6-5-11(15)2/h11-16,18H,4-10H2,1-3H3. The maximum atomic E-state index is 9.92. The van der Waals surface area contributed by atoms with Crippen LogP contribution >= 0.6 is 0 Å². The Bertz CT molecular complexity index is 257. The highest BCUT2D eigenvalue weighted by Gasteiger charge is 2.38. The number of aliphatic hydroxyl groups excluding tert-OH is 1. The van der Waals surface area contributed by atoms with Crippen molar-refractivity contribution in [2.45, 2.75) is 64.6 Å². The molecule has 1 aliphatic carbocycles. The summed E-state index contributed by atoms with van der Waals surface area (Å²) < 4.78 is 0. The highest BCUT2D eigenvalue weighted by molar-refractivity contribution is 4.93. The summed E-state index contributed by atoms with van der Waals surface area (Å²) in [6.07, 6.45) is 4.89. The van der Waals surface area contributed by atoms with E-state index in [0.717, 1.165) is 31.5 Å². The van der Waals surface area contributed by atoms with Gasteiger partial charge in [-0.2, -0.15) is 0 Å². The molecule has 3 heteroatoms. The lowest BCUT2D eigenvalue weighted by Crippen LogP contribution is -2.58. The Hall–Kier alpha value is -0.120. The van der Waals surface area contributed by atoms with E-state index in [9.17, 15) is 5.11 Å². The van der Waals surface area contributed by atoms with Gasteiger partial charge < -0.3 is 10.4 Å². The number of nitrogens with one attached hydrogen (secondary N) is 1. The summed E-state index contributed by atoms with van der Waals surface area (Å²) in [4.78, 5) is 2.64. The first-order valence-corrected chi connectivity index (χ1v) is 7.77. The fourth-order valence-electron chi connectivity index (χ4n) is 3.48. The van der Waals surface area contributed by atoms with Gasteiger partial charge in [0.05, 0.1) is 6.10 Å². The van der Waals surface area contributed by atoms with Gasteiger partial charge >= 0.3 is 0 Å². The molecule has 1 aliphatic heterocycles. The molecule has 1 saturated heterocycles. The number of piperidine rings is 1. The van der Waals surface area contributed by atoms with Crippen LogP contribution in [0.5, 0.6) is 0 Å². The molecule has 1 saturated carbocycles. The summed E-state index contributed by atoms with van der Waals surface area (Å²) in [5, 5.41) is 13.6. The lowest BCUT2D eigenvalue weighted by molar-refractivity contribution is -0.0102. The van der Waals surface area contributed by atoms with Crippen molar-refractivity contribution in [1.29, 1.82) is 0 Å². The average Bonchev–Trinajstić information content (AvgIpc) is 2.34. The molecule has 0 spiro atoms. The largest absolute Gasteiger partial charge is 0.393 e. The monoisotopic (exact) mass is 254 g/mol. The van der Waals surface area contributed by atoms with Gasteiger partial charge in [-0.1, -0.05) is 13.8 Å². The number of aliphatic hydroxyl groups is 1. The first kappa shape index (κ1) is 14.3. The van der Waals surface area contributed by atoms with Crippen LogP contribution < -0.4 is 5.32 Å². The minimum absolute atomic E-state index is 0.172. The van der Waals surface area contributed by atoms with Crippen molar-refractivity contribution < 1.29 is 5.11 Å². The molecule has 2 rings (SSSR count). The zero-order valence-electron chi connectivity index (χ0n) is 12.2. The molecule has 0 radical (unpaired) electrons. The van der Waals surface area contributed by atoms with E-state index in [0.29, 0.717) is 12.0 Å². The highest BCUT2D eigenvalue weighted by Crippen LogP contribution is 2.34. The number of hydrogen-bond donors (Lipinski definition) is 2. The van der Waals surface area contributed by atoms with Crippen LogP contribution in [0, 0.1) is 11.8 Å². The van der Waals surface area contributed by atoms with Crippen LogP contribution in [-0.2, 0) is 0 Å². The molecule has 5 atom stereocenters. The highest BCUT2D eigenvalue weighted by atomic mass is 16.3. The third kappa shape index (κ3) is 3.25.